The van der Waals surface area contributed by atoms with Gasteiger partial charge in [-0.25, -0.2) is 13.2 Å². The SMILES string of the molecule is COC(=O)c1cc(NC(=O)CN(c2cccc(Br)c2)S(=O)(=O)c2ccc(C)cc2)ccc1Cl. The number of esters is 1. The van der Waals surface area contributed by atoms with Crippen LogP contribution < -0.4 is 9.62 Å². The zero-order valence-corrected chi connectivity index (χ0v) is 20.9. The van der Waals surface area contributed by atoms with Crippen LogP contribution in [0.4, 0.5) is 11.4 Å². The predicted molar refractivity (Wildman–Crippen MR) is 131 cm³/mol. The molecule has 0 fully saturated rings. The largest absolute Gasteiger partial charge is 0.465 e. The average molecular weight is 552 g/mol. The molecule has 3 aromatic carbocycles. The molecule has 0 aliphatic carbocycles. The third kappa shape index (κ3) is 5.93. The molecule has 3 aromatic rings. The lowest BCUT2D eigenvalue weighted by Crippen LogP contribution is -2.38. The van der Waals surface area contributed by atoms with Crippen LogP contribution in [0.3, 0.4) is 0 Å². The number of nitrogens with one attached hydrogen (secondary N) is 1. The van der Waals surface area contributed by atoms with Crippen molar-refractivity contribution >= 4 is 60.8 Å². The van der Waals surface area contributed by atoms with Crippen LogP contribution in [-0.2, 0) is 19.6 Å². The van der Waals surface area contributed by atoms with Crippen LogP contribution in [0.25, 0.3) is 0 Å². The molecule has 172 valence electrons. The highest BCUT2D eigenvalue weighted by molar-refractivity contribution is 9.10. The molecule has 0 saturated heterocycles. The fourth-order valence-electron chi connectivity index (χ4n) is 2.98. The molecule has 33 heavy (non-hydrogen) atoms. The summed E-state index contributed by atoms with van der Waals surface area (Å²) in [6, 6.07) is 17.3. The Morgan fingerprint density at radius 1 is 1.06 bits per heavy atom. The second-order valence-corrected chi connectivity index (χ2v) is 10.2. The van der Waals surface area contributed by atoms with E-state index < -0.39 is 28.4 Å². The van der Waals surface area contributed by atoms with Crippen LogP contribution >= 0.6 is 27.5 Å². The van der Waals surface area contributed by atoms with E-state index in [0.29, 0.717) is 10.2 Å². The van der Waals surface area contributed by atoms with Gasteiger partial charge in [-0.05, 0) is 55.5 Å². The van der Waals surface area contributed by atoms with E-state index in [1.165, 1.54) is 37.4 Å². The van der Waals surface area contributed by atoms with Crippen molar-refractivity contribution in [3.8, 4) is 0 Å². The molecular weight excluding hydrogens is 532 g/mol. The van der Waals surface area contributed by atoms with Gasteiger partial charge in [0, 0.05) is 10.2 Å². The average Bonchev–Trinajstić information content (AvgIpc) is 2.78. The van der Waals surface area contributed by atoms with E-state index >= 15 is 0 Å². The van der Waals surface area contributed by atoms with E-state index in [-0.39, 0.29) is 21.2 Å². The van der Waals surface area contributed by atoms with Crippen molar-refractivity contribution in [2.75, 3.05) is 23.3 Å². The molecule has 0 spiro atoms. The van der Waals surface area contributed by atoms with Crippen molar-refractivity contribution in [3.05, 3.63) is 87.4 Å². The molecule has 0 saturated carbocycles. The summed E-state index contributed by atoms with van der Waals surface area (Å²) in [6.07, 6.45) is 0. The number of rotatable bonds is 7. The van der Waals surface area contributed by atoms with Crippen molar-refractivity contribution in [1.29, 1.82) is 0 Å². The Morgan fingerprint density at radius 2 is 1.76 bits per heavy atom. The van der Waals surface area contributed by atoms with Crippen LogP contribution in [0.1, 0.15) is 15.9 Å². The first-order chi connectivity index (χ1) is 15.6. The highest BCUT2D eigenvalue weighted by Gasteiger charge is 2.27. The van der Waals surface area contributed by atoms with Crippen LogP contribution in [0, 0.1) is 6.92 Å². The summed E-state index contributed by atoms with van der Waals surface area (Å²) < 4.78 is 33.2. The van der Waals surface area contributed by atoms with E-state index in [1.54, 1.807) is 36.4 Å². The first-order valence-corrected chi connectivity index (χ1v) is 12.3. The van der Waals surface area contributed by atoms with Gasteiger partial charge in [-0.15, -0.1) is 0 Å². The number of aryl methyl sites for hydroxylation is 1. The Labute approximate surface area is 205 Å². The minimum atomic E-state index is -4.05. The molecule has 0 radical (unpaired) electrons. The van der Waals surface area contributed by atoms with Gasteiger partial charge in [0.15, 0.2) is 0 Å². The number of benzene rings is 3. The van der Waals surface area contributed by atoms with Crippen molar-refractivity contribution < 1.29 is 22.7 Å². The Balaban J connectivity index is 1.93. The maximum absolute atomic E-state index is 13.4. The van der Waals surface area contributed by atoms with Gasteiger partial charge in [0.25, 0.3) is 10.0 Å². The van der Waals surface area contributed by atoms with Gasteiger partial charge in [-0.2, -0.15) is 0 Å². The number of sulfonamides is 1. The molecule has 0 aliphatic heterocycles. The van der Waals surface area contributed by atoms with Crippen LogP contribution in [0.5, 0.6) is 0 Å². The molecule has 0 atom stereocenters. The van der Waals surface area contributed by atoms with Crippen LogP contribution in [0.2, 0.25) is 5.02 Å². The Morgan fingerprint density at radius 3 is 2.39 bits per heavy atom. The lowest BCUT2D eigenvalue weighted by molar-refractivity contribution is -0.114. The molecule has 7 nitrogen and oxygen atoms in total. The zero-order valence-electron chi connectivity index (χ0n) is 17.7. The molecule has 0 bridgehead atoms. The first-order valence-electron chi connectivity index (χ1n) is 9.64. The first kappa shape index (κ1) is 24.8. The number of carbonyl (C=O) groups excluding carboxylic acids is 2. The molecular formula is C23H20BrClN2O5S. The third-order valence-electron chi connectivity index (χ3n) is 4.65. The minimum Gasteiger partial charge on any atom is -0.465 e. The molecule has 10 heteroatoms. The van der Waals surface area contributed by atoms with E-state index in [0.717, 1.165) is 9.87 Å². The van der Waals surface area contributed by atoms with Gasteiger partial charge in [0.1, 0.15) is 6.54 Å². The van der Waals surface area contributed by atoms with Gasteiger partial charge in [0.2, 0.25) is 5.91 Å². The summed E-state index contributed by atoms with van der Waals surface area (Å²) in [4.78, 5) is 24.8. The fourth-order valence-corrected chi connectivity index (χ4v) is 4.98. The molecule has 0 aliphatic rings. The number of hydrogen-bond acceptors (Lipinski definition) is 5. The second-order valence-electron chi connectivity index (χ2n) is 7.04. The lowest BCUT2D eigenvalue weighted by Gasteiger charge is -2.24. The molecule has 1 amide bonds. The number of hydrogen-bond donors (Lipinski definition) is 1. The Bertz CT molecular complexity index is 1300. The van der Waals surface area contributed by atoms with Crippen molar-refractivity contribution in [2.45, 2.75) is 11.8 Å². The smallest absolute Gasteiger partial charge is 0.339 e. The van der Waals surface area contributed by atoms with Gasteiger partial charge in [-0.3, -0.25) is 9.10 Å². The van der Waals surface area contributed by atoms with E-state index in [2.05, 4.69) is 26.0 Å². The normalized spacial score (nSPS) is 11.0. The predicted octanol–water partition coefficient (Wildman–Crippen LogP) is 5.03. The van der Waals surface area contributed by atoms with Crippen molar-refractivity contribution in [2.24, 2.45) is 0 Å². The number of ether oxygens (including phenoxy) is 1. The lowest BCUT2D eigenvalue weighted by atomic mass is 10.2. The Kier molecular flexibility index (Phi) is 7.78. The summed E-state index contributed by atoms with van der Waals surface area (Å²) in [5, 5.41) is 2.78. The fraction of sp³-hybridized carbons (Fsp3) is 0.130. The Hall–Kier alpha value is -2.88. The third-order valence-corrected chi connectivity index (χ3v) is 7.26. The van der Waals surface area contributed by atoms with Crippen LogP contribution in [-0.4, -0.2) is 33.9 Å². The summed E-state index contributed by atoms with van der Waals surface area (Å²) in [7, 11) is -2.83. The number of halogens is 2. The van der Waals surface area contributed by atoms with Gasteiger partial charge >= 0.3 is 5.97 Å². The maximum Gasteiger partial charge on any atom is 0.339 e. The molecule has 0 aromatic heterocycles. The number of nitrogens with zero attached hydrogens (tertiary/aromatic N) is 1. The highest BCUT2D eigenvalue weighted by atomic mass is 79.9. The highest BCUT2D eigenvalue weighted by Crippen LogP contribution is 2.27. The van der Waals surface area contributed by atoms with Crippen LogP contribution in [0.15, 0.2) is 76.1 Å². The summed E-state index contributed by atoms with van der Waals surface area (Å²) >= 11 is 9.36. The van der Waals surface area contributed by atoms with E-state index in [1.807, 2.05) is 6.92 Å². The number of methoxy groups -OCH3 is 1. The van der Waals surface area contributed by atoms with Gasteiger partial charge in [0.05, 0.1) is 28.3 Å². The van der Waals surface area contributed by atoms with E-state index in [9.17, 15) is 18.0 Å². The standard InChI is InChI=1S/C23H20BrClN2O5S/c1-15-6-9-19(10-7-15)33(30,31)27(18-5-3-4-16(24)12-18)14-22(28)26-17-8-11-21(25)20(13-17)23(29)32-2/h3-13H,14H2,1-2H3,(H,26,28). The van der Waals surface area contributed by atoms with Crippen molar-refractivity contribution in [3.63, 3.8) is 0 Å². The van der Waals surface area contributed by atoms with E-state index in [4.69, 9.17) is 11.6 Å². The summed E-state index contributed by atoms with van der Waals surface area (Å²) in [6.45, 7) is 1.35. The molecule has 0 heterocycles. The number of carbonyl (C=O) groups is 2. The maximum atomic E-state index is 13.4. The number of anilines is 2. The van der Waals surface area contributed by atoms with Gasteiger partial charge in [-0.1, -0.05) is 51.3 Å². The topological polar surface area (TPSA) is 92.8 Å². The second kappa shape index (κ2) is 10.4. The monoisotopic (exact) mass is 550 g/mol. The summed E-state index contributed by atoms with van der Waals surface area (Å²) in [5.74, 6) is -1.27. The minimum absolute atomic E-state index is 0.0559. The zero-order chi connectivity index (χ0) is 24.2. The van der Waals surface area contributed by atoms with Crippen molar-refractivity contribution in [1.82, 2.24) is 0 Å². The molecule has 0 unspecified atom stereocenters. The quantitative estimate of drug-likeness (QED) is 0.416. The van der Waals surface area contributed by atoms with Gasteiger partial charge < -0.3 is 10.1 Å². The molecule has 3 rings (SSSR count). The summed E-state index contributed by atoms with van der Waals surface area (Å²) in [5.41, 5.74) is 1.57. The number of amides is 1. The molecule has 1 N–H and O–H groups in total.